The van der Waals surface area contributed by atoms with Crippen LogP contribution in [0.4, 0.5) is 0 Å². The van der Waals surface area contributed by atoms with E-state index in [1.165, 1.54) is 0 Å². The van der Waals surface area contributed by atoms with Crippen molar-refractivity contribution >= 4 is 21.6 Å². The molecule has 1 aromatic carbocycles. The highest BCUT2D eigenvalue weighted by molar-refractivity contribution is 7.89. The summed E-state index contributed by atoms with van der Waals surface area (Å²) in [5.74, 6) is 0.173. The molecular weight excluding hydrogens is 258 g/mol. The second-order valence-electron chi connectivity index (χ2n) is 4.17. The Labute approximate surface area is 108 Å². The van der Waals surface area contributed by atoms with Crippen LogP contribution in [0.5, 0.6) is 0 Å². The molecule has 0 radical (unpaired) electrons. The number of halogens is 1. The Morgan fingerprint density at radius 2 is 2.12 bits per heavy atom. The SMILES string of the molecule is CCCS(=O)(=O)NC(C)Cc1cccc(Cl)c1. The first kappa shape index (κ1) is 14.5. The maximum atomic E-state index is 11.6. The van der Waals surface area contributed by atoms with Gasteiger partial charge in [-0.3, -0.25) is 0 Å². The second-order valence-corrected chi connectivity index (χ2v) is 6.48. The summed E-state index contributed by atoms with van der Waals surface area (Å²) >= 11 is 5.87. The molecule has 1 rings (SSSR count). The van der Waals surface area contributed by atoms with Crippen LogP contribution in [0.25, 0.3) is 0 Å². The maximum absolute atomic E-state index is 11.6. The van der Waals surface area contributed by atoms with Gasteiger partial charge >= 0.3 is 0 Å². The molecule has 0 aliphatic rings. The lowest BCUT2D eigenvalue weighted by Crippen LogP contribution is -2.35. The Morgan fingerprint density at radius 1 is 1.41 bits per heavy atom. The zero-order chi connectivity index (χ0) is 12.9. The van der Waals surface area contributed by atoms with Crippen molar-refractivity contribution in [2.24, 2.45) is 0 Å². The third kappa shape index (κ3) is 5.52. The molecule has 0 heterocycles. The van der Waals surface area contributed by atoms with Gasteiger partial charge in [-0.1, -0.05) is 30.7 Å². The van der Waals surface area contributed by atoms with Crippen molar-refractivity contribution in [1.82, 2.24) is 4.72 Å². The molecule has 0 fully saturated rings. The van der Waals surface area contributed by atoms with Gasteiger partial charge in [-0.15, -0.1) is 0 Å². The topological polar surface area (TPSA) is 46.2 Å². The highest BCUT2D eigenvalue weighted by Gasteiger charge is 2.13. The number of benzene rings is 1. The van der Waals surface area contributed by atoms with Gasteiger partial charge in [-0.2, -0.15) is 0 Å². The molecule has 5 heteroatoms. The second kappa shape index (κ2) is 6.38. The first-order valence-electron chi connectivity index (χ1n) is 5.67. The zero-order valence-corrected chi connectivity index (χ0v) is 11.7. The van der Waals surface area contributed by atoms with Crippen molar-refractivity contribution in [2.75, 3.05) is 5.75 Å². The Kier molecular flexibility index (Phi) is 5.43. The minimum atomic E-state index is -3.14. The molecule has 1 atom stereocenters. The molecule has 96 valence electrons. The summed E-state index contributed by atoms with van der Waals surface area (Å²) in [4.78, 5) is 0. The number of sulfonamides is 1. The quantitative estimate of drug-likeness (QED) is 0.867. The van der Waals surface area contributed by atoms with Gasteiger partial charge in [0.1, 0.15) is 0 Å². The van der Waals surface area contributed by atoms with E-state index in [2.05, 4.69) is 4.72 Å². The van der Waals surface area contributed by atoms with Gasteiger partial charge in [0, 0.05) is 11.1 Å². The lowest BCUT2D eigenvalue weighted by Gasteiger charge is -2.14. The predicted octanol–water partition coefficient (Wildman–Crippen LogP) is 2.60. The van der Waals surface area contributed by atoms with Crippen molar-refractivity contribution in [1.29, 1.82) is 0 Å². The van der Waals surface area contributed by atoms with E-state index >= 15 is 0 Å². The van der Waals surface area contributed by atoms with Gasteiger partial charge in [0.15, 0.2) is 0 Å². The van der Waals surface area contributed by atoms with E-state index in [0.717, 1.165) is 5.56 Å². The fourth-order valence-corrected chi connectivity index (χ4v) is 3.26. The van der Waals surface area contributed by atoms with E-state index in [0.29, 0.717) is 17.9 Å². The van der Waals surface area contributed by atoms with Crippen LogP contribution in [0.1, 0.15) is 25.8 Å². The molecule has 0 spiro atoms. The summed E-state index contributed by atoms with van der Waals surface area (Å²) in [5, 5.41) is 0.672. The molecule has 0 aromatic heterocycles. The normalized spacial score (nSPS) is 13.6. The lowest BCUT2D eigenvalue weighted by atomic mass is 10.1. The van der Waals surface area contributed by atoms with E-state index in [1.807, 2.05) is 32.0 Å². The first-order chi connectivity index (χ1) is 7.93. The highest BCUT2D eigenvalue weighted by atomic mass is 35.5. The molecule has 0 amide bonds. The molecule has 0 aliphatic carbocycles. The molecule has 0 aliphatic heterocycles. The van der Waals surface area contributed by atoms with Crippen LogP contribution < -0.4 is 4.72 Å². The summed E-state index contributed by atoms with van der Waals surface area (Å²) < 4.78 is 25.8. The first-order valence-corrected chi connectivity index (χ1v) is 7.70. The highest BCUT2D eigenvalue weighted by Crippen LogP contribution is 2.12. The minimum Gasteiger partial charge on any atom is -0.212 e. The van der Waals surface area contributed by atoms with Crippen LogP contribution in [-0.4, -0.2) is 20.2 Å². The molecule has 3 nitrogen and oxygen atoms in total. The van der Waals surface area contributed by atoms with Crippen LogP contribution >= 0.6 is 11.6 Å². The zero-order valence-electron chi connectivity index (χ0n) is 10.1. The van der Waals surface area contributed by atoms with Crippen molar-refractivity contribution in [3.63, 3.8) is 0 Å². The number of hydrogen-bond donors (Lipinski definition) is 1. The van der Waals surface area contributed by atoms with E-state index in [-0.39, 0.29) is 11.8 Å². The van der Waals surface area contributed by atoms with Crippen LogP contribution in [0.15, 0.2) is 24.3 Å². The standard InChI is InChI=1S/C12H18ClNO2S/c1-3-7-17(15,16)14-10(2)8-11-5-4-6-12(13)9-11/h4-6,9-10,14H,3,7-8H2,1-2H3. The summed E-state index contributed by atoms with van der Waals surface area (Å²) in [6.07, 6.45) is 1.27. The van der Waals surface area contributed by atoms with Gasteiger partial charge < -0.3 is 0 Å². The van der Waals surface area contributed by atoms with Crippen LogP contribution in [0.3, 0.4) is 0 Å². The Balaban J connectivity index is 2.58. The largest absolute Gasteiger partial charge is 0.212 e. The Bertz CT molecular complexity index is 459. The molecule has 1 N–H and O–H groups in total. The lowest BCUT2D eigenvalue weighted by molar-refractivity contribution is 0.558. The number of hydrogen-bond acceptors (Lipinski definition) is 2. The van der Waals surface area contributed by atoms with E-state index in [1.54, 1.807) is 6.07 Å². The molecule has 1 unspecified atom stereocenters. The molecular formula is C12H18ClNO2S. The predicted molar refractivity (Wildman–Crippen MR) is 71.8 cm³/mol. The van der Waals surface area contributed by atoms with Gasteiger partial charge in [-0.05, 0) is 37.5 Å². The fourth-order valence-electron chi connectivity index (χ4n) is 1.69. The van der Waals surface area contributed by atoms with Crippen LogP contribution in [0, 0.1) is 0 Å². The van der Waals surface area contributed by atoms with Crippen molar-refractivity contribution in [2.45, 2.75) is 32.7 Å². The minimum absolute atomic E-state index is 0.120. The molecule has 0 bridgehead atoms. The monoisotopic (exact) mass is 275 g/mol. The van der Waals surface area contributed by atoms with Crippen molar-refractivity contribution in [3.05, 3.63) is 34.9 Å². The molecule has 1 aromatic rings. The molecule has 0 saturated heterocycles. The van der Waals surface area contributed by atoms with E-state index in [9.17, 15) is 8.42 Å². The van der Waals surface area contributed by atoms with Gasteiger partial charge in [0.05, 0.1) is 5.75 Å². The van der Waals surface area contributed by atoms with Crippen LogP contribution in [-0.2, 0) is 16.4 Å². The summed E-state index contributed by atoms with van der Waals surface area (Å²) in [7, 11) is -3.14. The summed E-state index contributed by atoms with van der Waals surface area (Å²) in [6, 6.07) is 7.34. The maximum Gasteiger partial charge on any atom is 0.211 e. The average Bonchev–Trinajstić information content (AvgIpc) is 2.15. The van der Waals surface area contributed by atoms with Crippen LogP contribution in [0.2, 0.25) is 5.02 Å². The van der Waals surface area contributed by atoms with Crippen molar-refractivity contribution in [3.8, 4) is 0 Å². The number of nitrogens with one attached hydrogen (secondary N) is 1. The summed E-state index contributed by atoms with van der Waals surface area (Å²) in [5.41, 5.74) is 1.03. The third-order valence-electron chi connectivity index (χ3n) is 2.28. The average molecular weight is 276 g/mol. The number of rotatable bonds is 6. The molecule has 0 saturated carbocycles. The van der Waals surface area contributed by atoms with E-state index < -0.39 is 10.0 Å². The summed E-state index contributed by atoms with van der Waals surface area (Å²) in [6.45, 7) is 3.70. The van der Waals surface area contributed by atoms with Crippen molar-refractivity contribution < 1.29 is 8.42 Å². The van der Waals surface area contributed by atoms with Gasteiger partial charge in [0.25, 0.3) is 0 Å². The Morgan fingerprint density at radius 3 is 2.71 bits per heavy atom. The molecule has 17 heavy (non-hydrogen) atoms. The third-order valence-corrected chi connectivity index (χ3v) is 4.23. The van der Waals surface area contributed by atoms with E-state index in [4.69, 9.17) is 11.6 Å². The Hall–Kier alpha value is -0.580. The smallest absolute Gasteiger partial charge is 0.211 e. The van der Waals surface area contributed by atoms with Gasteiger partial charge in [0.2, 0.25) is 10.0 Å². The van der Waals surface area contributed by atoms with Gasteiger partial charge in [-0.25, -0.2) is 13.1 Å². The fraction of sp³-hybridized carbons (Fsp3) is 0.500.